The predicted molar refractivity (Wildman–Crippen MR) is 134 cm³/mol. The molecule has 0 amide bonds. The Morgan fingerprint density at radius 1 is 1.12 bits per heavy atom. The molecule has 1 atom stereocenters. The van der Waals surface area contributed by atoms with Crippen LogP contribution >= 0.6 is 35.0 Å². The first-order chi connectivity index (χ1) is 15.9. The van der Waals surface area contributed by atoms with E-state index in [1.54, 1.807) is 6.07 Å². The van der Waals surface area contributed by atoms with Crippen LogP contribution in [0.1, 0.15) is 41.4 Å². The summed E-state index contributed by atoms with van der Waals surface area (Å²) >= 11 is 13.9. The molecule has 3 N–H and O–H groups in total. The lowest BCUT2D eigenvalue weighted by molar-refractivity contribution is 0.186. The summed E-state index contributed by atoms with van der Waals surface area (Å²) in [5.74, 6) is 0.760. The van der Waals surface area contributed by atoms with Crippen LogP contribution in [0.5, 0.6) is 0 Å². The van der Waals surface area contributed by atoms with E-state index >= 15 is 0 Å². The van der Waals surface area contributed by atoms with E-state index in [9.17, 15) is 5.11 Å². The van der Waals surface area contributed by atoms with Gasteiger partial charge in [0.1, 0.15) is 10.7 Å². The lowest BCUT2D eigenvalue weighted by atomic mass is 9.73. The molecule has 2 heterocycles. The third-order valence-electron chi connectivity index (χ3n) is 7.00. The predicted octanol–water partition coefficient (Wildman–Crippen LogP) is 5.58. The van der Waals surface area contributed by atoms with Gasteiger partial charge in [-0.1, -0.05) is 65.3 Å². The van der Waals surface area contributed by atoms with Crippen molar-refractivity contribution in [1.82, 2.24) is 9.97 Å². The highest BCUT2D eigenvalue weighted by Gasteiger charge is 2.46. The van der Waals surface area contributed by atoms with Crippen LogP contribution < -0.4 is 10.6 Å². The minimum Gasteiger partial charge on any atom is -0.390 e. The lowest BCUT2D eigenvalue weighted by Crippen LogP contribution is -2.45. The minimum atomic E-state index is -0.175. The van der Waals surface area contributed by atoms with Crippen molar-refractivity contribution in [3.8, 4) is 0 Å². The third-order valence-corrected chi connectivity index (χ3v) is 9.07. The van der Waals surface area contributed by atoms with E-state index in [2.05, 4.69) is 29.2 Å². The van der Waals surface area contributed by atoms with E-state index in [0.29, 0.717) is 20.8 Å². The molecule has 1 aliphatic heterocycles. The quantitative estimate of drug-likeness (QED) is 0.486. The number of hydrogen-bond donors (Lipinski definition) is 2. The fourth-order valence-corrected chi connectivity index (χ4v) is 6.49. The van der Waals surface area contributed by atoms with Crippen LogP contribution in [0.2, 0.25) is 10.0 Å². The Labute approximate surface area is 208 Å². The first-order valence-corrected chi connectivity index (χ1v) is 12.7. The van der Waals surface area contributed by atoms with Crippen LogP contribution in [0.15, 0.2) is 52.4 Å². The molecule has 1 aliphatic carbocycles. The molecule has 172 valence electrons. The van der Waals surface area contributed by atoms with E-state index in [0.717, 1.165) is 48.8 Å². The monoisotopic (exact) mass is 500 g/mol. The van der Waals surface area contributed by atoms with Crippen LogP contribution in [0.4, 0.5) is 5.82 Å². The van der Waals surface area contributed by atoms with Crippen LogP contribution in [-0.4, -0.2) is 28.2 Å². The zero-order valence-corrected chi connectivity index (χ0v) is 20.7. The number of piperidine rings is 1. The second kappa shape index (κ2) is 9.08. The van der Waals surface area contributed by atoms with Gasteiger partial charge >= 0.3 is 0 Å². The summed E-state index contributed by atoms with van der Waals surface area (Å²) < 4.78 is 0. The second-order valence-electron chi connectivity index (χ2n) is 8.90. The fourth-order valence-electron chi connectivity index (χ4n) is 5.12. The number of anilines is 1. The van der Waals surface area contributed by atoms with Crippen molar-refractivity contribution in [3.05, 3.63) is 75.0 Å². The number of hydrogen-bond acceptors (Lipinski definition) is 6. The maximum atomic E-state index is 10.1. The summed E-state index contributed by atoms with van der Waals surface area (Å²) in [4.78, 5) is 12.7. The Hall–Kier alpha value is -1.83. The topological polar surface area (TPSA) is 75.3 Å². The smallest absolute Gasteiger partial charge is 0.153 e. The van der Waals surface area contributed by atoms with Crippen LogP contribution in [0, 0.1) is 12.3 Å². The number of fused-ring (bicyclic) bond motifs is 1. The molecule has 5 rings (SSSR count). The average Bonchev–Trinajstić information content (AvgIpc) is 3.09. The minimum absolute atomic E-state index is 0.0715. The van der Waals surface area contributed by atoms with Gasteiger partial charge in [-0.2, -0.15) is 0 Å². The molecule has 0 unspecified atom stereocenters. The molecule has 1 aromatic heterocycles. The Balaban J connectivity index is 1.36. The molecule has 2 aromatic carbocycles. The van der Waals surface area contributed by atoms with Gasteiger partial charge in [-0.25, -0.2) is 9.97 Å². The van der Waals surface area contributed by atoms with Crippen molar-refractivity contribution in [1.29, 1.82) is 0 Å². The van der Waals surface area contributed by atoms with Crippen molar-refractivity contribution in [2.45, 2.75) is 48.8 Å². The van der Waals surface area contributed by atoms with Gasteiger partial charge in [-0.15, -0.1) is 0 Å². The van der Waals surface area contributed by atoms with E-state index in [1.807, 2.05) is 19.1 Å². The number of aryl methyl sites for hydroxylation is 1. The largest absolute Gasteiger partial charge is 0.390 e. The van der Waals surface area contributed by atoms with Gasteiger partial charge in [0.15, 0.2) is 5.82 Å². The highest BCUT2D eigenvalue weighted by Crippen LogP contribution is 2.51. The molecule has 5 nitrogen and oxygen atoms in total. The molecule has 0 bridgehead atoms. The second-order valence-corrected chi connectivity index (χ2v) is 10.7. The molecule has 3 aromatic rings. The van der Waals surface area contributed by atoms with E-state index in [-0.39, 0.29) is 18.1 Å². The SMILES string of the molecule is Cc1nc(N2CCC3(CC2)Cc2ccccc2[C@H]3N)c(CO)nc1Sc1cccc(Cl)c1Cl. The summed E-state index contributed by atoms with van der Waals surface area (Å²) in [6.07, 6.45) is 3.01. The summed E-state index contributed by atoms with van der Waals surface area (Å²) in [5, 5.41) is 11.8. The van der Waals surface area contributed by atoms with Crippen LogP contribution in [0.3, 0.4) is 0 Å². The number of aliphatic hydroxyl groups excluding tert-OH is 1. The molecular formula is C25H26Cl2N4OS. The number of aromatic nitrogens is 2. The molecule has 8 heteroatoms. The van der Waals surface area contributed by atoms with Gasteiger partial charge in [-0.3, -0.25) is 0 Å². The van der Waals surface area contributed by atoms with Crippen LogP contribution in [0.25, 0.3) is 0 Å². The number of rotatable bonds is 4. The maximum Gasteiger partial charge on any atom is 0.153 e. The first-order valence-electron chi connectivity index (χ1n) is 11.1. The van der Waals surface area contributed by atoms with Crippen molar-refractivity contribution < 1.29 is 5.11 Å². The summed E-state index contributed by atoms with van der Waals surface area (Å²) in [7, 11) is 0. The first kappa shape index (κ1) is 22.9. The summed E-state index contributed by atoms with van der Waals surface area (Å²) in [6, 6.07) is 14.1. The molecule has 1 saturated heterocycles. The van der Waals surface area contributed by atoms with Gasteiger partial charge in [0, 0.05) is 24.0 Å². The third kappa shape index (κ3) is 4.13. The normalized spacial score (nSPS) is 19.2. The van der Waals surface area contributed by atoms with E-state index < -0.39 is 0 Å². The maximum absolute atomic E-state index is 10.1. The number of halogens is 2. The van der Waals surface area contributed by atoms with Gasteiger partial charge in [0.05, 0.1) is 22.3 Å². The summed E-state index contributed by atoms with van der Waals surface area (Å²) in [5.41, 5.74) is 10.9. The number of aliphatic hydroxyl groups is 1. The molecule has 0 saturated carbocycles. The van der Waals surface area contributed by atoms with Gasteiger partial charge in [0.25, 0.3) is 0 Å². The highest BCUT2D eigenvalue weighted by atomic mass is 35.5. The van der Waals surface area contributed by atoms with Crippen molar-refractivity contribution >= 4 is 40.8 Å². The van der Waals surface area contributed by atoms with Crippen molar-refractivity contribution in [2.24, 2.45) is 11.1 Å². The molecule has 0 radical (unpaired) electrons. The van der Waals surface area contributed by atoms with Gasteiger partial charge < -0.3 is 15.7 Å². The van der Waals surface area contributed by atoms with Crippen molar-refractivity contribution in [2.75, 3.05) is 18.0 Å². The zero-order chi connectivity index (χ0) is 23.2. The zero-order valence-electron chi connectivity index (χ0n) is 18.4. The molecule has 2 aliphatic rings. The van der Waals surface area contributed by atoms with Crippen LogP contribution in [-0.2, 0) is 13.0 Å². The highest BCUT2D eigenvalue weighted by molar-refractivity contribution is 7.99. The van der Waals surface area contributed by atoms with Gasteiger partial charge in [0.2, 0.25) is 0 Å². The van der Waals surface area contributed by atoms with Gasteiger partial charge in [-0.05, 0) is 54.9 Å². The average molecular weight is 501 g/mol. The number of benzene rings is 2. The Kier molecular flexibility index (Phi) is 6.31. The Morgan fingerprint density at radius 3 is 2.61 bits per heavy atom. The number of nitrogens with two attached hydrogens (primary N) is 1. The fraction of sp³-hybridized carbons (Fsp3) is 0.360. The Morgan fingerprint density at radius 2 is 1.88 bits per heavy atom. The molecule has 1 spiro atoms. The number of nitrogens with zero attached hydrogens (tertiary/aromatic N) is 3. The van der Waals surface area contributed by atoms with E-state index in [1.165, 1.54) is 22.9 Å². The molecule has 1 fully saturated rings. The molecule has 33 heavy (non-hydrogen) atoms. The standard InChI is InChI=1S/C25H26Cl2N4OS/c1-15-24(33-20-8-4-7-18(26)21(20)27)30-19(14-32)23(29-15)31-11-9-25(10-12-31)13-16-5-2-3-6-17(16)22(25)28/h2-8,22,32H,9-14,28H2,1H3/t22-/m1/s1. The molecular weight excluding hydrogens is 475 g/mol. The lowest BCUT2D eigenvalue weighted by Gasteiger charge is -2.43. The van der Waals surface area contributed by atoms with Crippen molar-refractivity contribution in [3.63, 3.8) is 0 Å². The van der Waals surface area contributed by atoms with E-state index in [4.69, 9.17) is 38.9 Å². The summed E-state index contributed by atoms with van der Waals surface area (Å²) in [6.45, 7) is 3.45. The Bertz CT molecular complexity index is 1200.